The van der Waals surface area contributed by atoms with Crippen LogP contribution in [0, 0.1) is 0 Å². The molecule has 20 heavy (non-hydrogen) atoms. The third-order valence-electron chi connectivity index (χ3n) is 2.38. The van der Waals surface area contributed by atoms with Crippen LogP contribution in [0.1, 0.15) is 25.5 Å². The zero-order valence-corrected chi connectivity index (χ0v) is 12.0. The van der Waals surface area contributed by atoms with Crippen molar-refractivity contribution in [1.29, 1.82) is 0 Å². The van der Waals surface area contributed by atoms with Crippen LogP contribution in [-0.4, -0.2) is 15.0 Å². The van der Waals surface area contributed by atoms with Gasteiger partial charge in [-0.15, -0.1) is 0 Å². The Kier molecular flexibility index (Phi) is 6.62. The molecule has 0 saturated heterocycles. The Balaban J connectivity index is 3.31. The Morgan fingerprint density at radius 1 is 0.900 bits per heavy atom. The van der Waals surface area contributed by atoms with Crippen molar-refractivity contribution >= 4 is 11.1 Å². The fourth-order valence-corrected chi connectivity index (χ4v) is 1.60. The van der Waals surface area contributed by atoms with E-state index in [1.54, 1.807) is 12.2 Å². The summed E-state index contributed by atoms with van der Waals surface area (Å²) in [6.45, 7) is 11.3. The van der Waals surface area contributed by atoms with Gasteiger partial charge in [0.25, 0.3) is 0 Å². The minimum Gasteiger partial charge on any atom is -0.217 e. The standard InChI is InChI=1S/C17H19N3/c1-5-9-14(10-6-2)16-18-13-19-17(20-16)15(11-7-3)12-8-4/h5-13H,1,3H2,2,4H3/b10-6-,12-8-,14-9+,15-11+. The topological polar surface area (TPSA) is 38.7 Å². The van der Waals surface area contributed by atoms with Crippen LogP contribution >= 0.6 is 0 Å². The van der Waals surface area contributed by atoms with Gasteiger partial charge in [0.15, 0.2) is 11.6 Å². The summed E-state index contributed by atoms with van der Waals surface area (Å²) in [5.74, 6) is 1.24. The molecule has 0 N–H and O–H groups in total. The lowest BCUT2D eigenvalue weighted by atomic mass is 10.2. The van der Waals surface area contributed by atoms with E-state index in [4.69, 9.17) is 0 Å². The number of hydrogen-bond donors (Lipinski definition) is 0. The maximum Gasteiger partial charge on any atom is 0.163 e. The van der Waals surface area contributed by atoms with Crippen molar-refractivity contribution in [2.75, 3.05) is 0 Å². The second-order valence-corrected chi connectivity index (χ2v) is 3.85. The summed E-state index contributed by atoms with van der Waals surface area (Å²) in [6, 6.07) is 0. The summed E-state index contributed by atoms with van der Waals surface area (Å²) >= 11 is 0. The Labute approximate surface area is 120 Å². The van der Waals surface area contributed by atoms with Crippen molar-refractivity contribution in [2.45, 2.75) is 13.8 Å². The Hall–Kier alpha value is -2.55. The lowest BCUT2D eigenvalue weighted by Gasteiger charge is -2.04. The highest BCUT2D eigenvalue weighted by Gasteiger charge is 2.06. The molecule has 0 aromatic carbocycles. The smallest absolute Gasteiger partial charge is 0.163 e. The SMILES string of the molecule is C=C/C=C(\C=C/C)c1ncnc(C(/C=C\C)=C/C=C)n1. The van der Waals surface area contributed by atoms with E-state index in [1.807, 2.05) is 50.3 Å². The zero-order valence-electron chi connectivity index (χ0n) is 12.0. The Bertz CT molecular complexity index is 541. The number of hydrogen-bond acceptors (Lipinski definition) is 3. The summed E-state index contributed by atoms with van der Waals surface area (Å²) in [7, 11) is 0. The van der Waals surface area contributed by atoms with Gasteiger partial charge in [0, 0.05) is 11.1 Å². The minimum absolute atomic E-state index is 0.618. The molecule has 0 aliphatic carbocycles. The largest absolute Gasteiger partial charge is 0.217 e. The summed E-state index contributed by atoms with van der Waals surface area (Å²) in [4.78, 5) is 12.9. The molecule has 0 saturated carbocycles. The van der Waals surface area contributed by atoms with Crippen LogP contribution in [0.2, 0.25) is 0 Å². The average molecular weight is 265 g/mol. The molecule has 1 heterocycles. The van der Waals surface area contributed by atoms with Crippen LogP contribution in [0.5, 0.6) is 0 Å². The van der Waals surface area contributed by atoms with E-state index < -0.39 is 0 Å². The van der Waals surface area contributed by atoms with E-state index >= 15 is 0 Å². The van der Waals surface area contributed by atoms with Gasteiger partial charge in [0.05, 0.1) is 0 Å². The van der Waals surface area contributed by atoms with Gasteiger partial charge in [-0.1, -0.05) is 61.8 Å². The predicted octanol–water partition coefficient (Wildman–Crippen LogP) is 4.16. The molecule has 0 aliphatic heterocycles. The normalized spacial score (nSPS) is 13.1. The van der Waals surface area contributed by atoms with Crippen molar-refractivity contribution in [3.05, 3.63) is 79.7 Å². The maximum atomic E-state index is 4.49. The second-order valence-electron chi connectivity index (χ2n) is 3.85. The van der Waals surface area contributed by atoms with Crippen LogP contribution in [-0.2, 0) is 0 Å². The van der Waals surface area contributed by atoms with Crippen LogP contribution in [0.4, 0.5) is 0 Å². The van der Waals surface area contributed by atoms with Crippen molar-refractivity contribution in [2.24, 2.45) is 0 Å². The summed E-state index contributed by atoms with van der Waals surface area (Å²) < 4.78 is 0. The number of aromatic nitrogens is 3. The van der Waals surface area contributed by atoms with Gasteiger partial charge in [-0.05, 0) is 13.8 Å². The minimum atomic E-state index is 0.618. The molecule has 3 nitrogen and oxygen atoms in total. The molecule has 0 unspecified atom stereocenters. The van der Waals surface area contributed by atoms with Gasteiger partial charge in [0.1, 0.15) is 6.33 Å². The molecule has 0 amide bonds. The van der Waals surface area contributed by atoms with Crippen LogP contribution in [0.25, 0.3) is 11.1 Å². The first kappa shape index (κ1) is 15.5. The van der Waals surface area contributed by atoms with E-state index in [2.05, 4.69) is 28.1 Å². The van der Waals surface area contributed by atoms with E-state index in [-0.39, 0.29) is 0 Å². The third-order valence-corrected chi connectivity index (χ3v) is 2.38. The van der Waals surface area contributed by atoms with Gasteiger partial charge in [0.2, 0.25) is 0 Å². The van der Waals surface area contributed by atoms with Gasteiger partial charge in [-0.25, -0.2) is 15.0 Å². The van der Waals surface area contributed by atoms with Crippen molar-refractivity contribution in [3.8, 4) is 0 Å². The Morgan fingerprint density at radius 3 is 1.70 bits per heavy atom. The molecule has 0 fully saturated rings. The zero-order chi connectivity index (χ0) is 14.8. The average Bonchev–Trinajstić information content (AvgIpc) is 2.47. The molecule has 0 atom stereocenters. The molecule has 1 rings (SSSR count). The number of nitrogens with zero attached hydrogens (tertiary/aromatic N) is 3. The summed E-state index contributed by atoms with van der Waals surface area (Å²) in [6.07, 6.45) is 16.4. The van der Waals surface area contributed by atoms with Crippen LogP contribution in [0.15, 0.2) is 68.1 Å². The van der Waals surface area contributed by atoms with E-state index in [1.165, 1.54) is 6.33 Å². The first-order valence-corrected chi connectivity index (χ1v) is 6.37. The summed E-state index contributed by atoms with van der Waals surface area (Å²) in [5.41, 5.74) is 1.79. The van der Waals surface area contributed by atoms with Crippen molar-refractivity contribution < 1.29 is 0 Å². The number of rotatable bonds is 6. The number of allylic oxidation sites excluding steroid dienone is 10. The van der Waals surface area contributed by atoms with Gasteiger partial charge in [-0.3, -0.25) is 0 Å². The van der Waals surface area contributed by atoms with Crippen molar-refractivity contribution in [1.82, 2.24) is 15.0 Å². The molecule has 0 bridgehead atoms. The van der Waals surface area contributed by atoms with E-state index in [0.29, 0.717) is 11.6 Å². The summed E-state index contributed by atoms with van der Waals surface area (Å²) in [5, 5.41) is 0. The Morgan fingerprint density at radius 2 is 1.35 bits per heavy atom. The molecular weight excluding hydrogens is 246 g/mol. The maximum absolute atomic E-state index is 4.49. The van der Waals surface area contributed by atoms with E-state index in [9.17, 15) is 0 Å². The highest BCUT2D eigenvalue weighted by atomic mass is 15.0. The molecule has 0 aliphatic rings. The van der Waals surface area contributed by atoms with Crippen LogP contribution < -0.4 is 0 Å². The lowest BCUT2D eigenvalue weighted by molar-refractivity contribution is 0.993. The molecule has 0 spiro atoms. The third kappa shape index (κ3) is 4.28. The van der Waals surface area contributed by atoms with Gasteiger partial charge < -0.3 is 0 Å². The molecule has 102 valence electrons. The molecular formula is C17H19N3. The second kappa shape index (κ2) is 8.53. The fraction of sp³-hybridized carbons (Fsp3) is 0.118. The highest BCUT2D eigenvalue weighted by Crippen LogP contribution is 2.15. The quantitative estimate of drug-likeness (QED) is 0.725. The van der Waals surface area contributed by atoms with Crippen LogP contribution in [0.3, 0.4) is 0 Å². The lowest BCUT2D eigenvalue weighted by Crippen LogP contribution is -2.00. The fourth-order valence-electron chi connectivity index (χ4n) is 1.60. The highest BCUT2D eigenvalue weighted by molar-refractivity contribution is 5.74. The van der Waals surface area contributed by atoms with Gasteiger partial charge in [-0.2, -0.15) is 0 Å². The van der Waals surface area contributed by atoms with E-state index in [0.717, 1.165) is 11.1 Å². The monoisotopic (exact) mass is 265 g/mol. The molecule has 3 heteroatoms. The molecule has 1 aromatic heterocycles. The first-order valence-electron chi connectivity index (χ1n) is 6.37. The van der Waals surface area contributed by atoms with Crippen molar-refractivity contribution in [3.63, 3.8) is 0 Å². The molecule has 0 radical (unpaired) electrons. The first-order chi connectivity index (χ1) is 9.76. The molecule has 1 aromatic rings. The van der Waals surface area contributed by atoms with Gasteiger partial charge >= 0.3 is 0 Å². The predicted molar refractivity (Wildman–Crippen MR) is 85.8 cm³/mol.